The predicted octanol–water partition coefficient (Wildman–Crippen LogP) is 2.02. The Kier molecular flexibility index (Phi) is 5.79. The molecule has 0 aromatic heterocycles. The molecule has 0 fully saturated rings. The van der Waals surface area contributed by atoms with E-state index in [1.165, 1.54) is 5.57 Å². The van der Waals surface area contributed by atoms with Crippen molar-refractivity contribution in [3.63, 3.8) is 0 Å². The van der Waals surface area contributed by atoms with E-state index in [0.29, 0.717) is 6.54 Å². The van der Waals surface area contributed by atoms with Crippen LogP contribution in [-0.4, -0.2) is 6.54 Å². The van der Waals surface area contributed by atoms with Crippen LogP contribution in [0.5, 0.6) is 0 Å². The standard InChI is InChI=1S/C9H15N/c1-3-5-6-9(4-2)7-8-10/h3-6H,2,7-8,10H2,1H3/b5-3-,9-6+. The van der Waals surface area contributed by atoms with E-state index in [2.05, 4.69) is 6.58 Å². The first kappa shape index (κ1) is 9.18. The van der Waals surface area contributed by atoms with E-state index in [-0.39, 0.29) is 0 Å². The highest BCUT2D eigenvalue weighted by Crippen LogP contribution is 2.00. The minimum absolute atomic E-state index is 0.690. The van der Waals surface area contributed by atoms with E-state index in [0.717, 1.165) is 6.42 Å². The largest absolute Gasteiger partial charge is 0.330 e. The first-order chi connectivity index (χ1) is 4.85. The molecule has 0 saturated heterocycles. The minimum Gasteiger partial charge on any atom is -0.330 e. The van der Waals surface area contributed by atoms with Gasteiger partial charge in [0.15, 0.2) is 0 Å². The Morgan fingerprint density at radius 2 is 2.30 bits per heavy atom. The Labute approximate surface area is 62.9 Å². The van der Waals surface area contributed by atoms with Crippen LogP contribution in [-0.2, 0) is 0 Å². The average molecular weight is 137 g/mol. The Balaban J connectivity index is 3.90. The zero-order chi connectivity index (χ0) is 7.82. The molecule has 0 saturated carbocycles. The van der Waals surface area contributed by atoms with Crippen LogP contribution >= 0.6 is 0 Å². The third kappa shape index (κ3) is 4.10. The molecule has 1 heteroatoms. The topological polar surface area (TPSA) is 26.0 Å². The number of hydrogen-bond acceptors (Lipinski definition) is 1. The second-order valence-corrected chi connectivity index (χ2v) is 2.01. The van der Waals surface area contributed by atoms with Crippen LogP contribution in [0.25, 0.3) is 0 Å². The zero-order valence-electron chi connectivity index (χ0n) is 6.51. The number of rotatable bonds is 4. The molecule has 0 amide bonds. The van der Waals surface area contributed by atoms with Gasteiger partial charge in [-0.15, -0.1) is 0 Å². The molecule has 0 aliphatic heterocycles. The van der Waals surface area contributed by atoms with E-state index in [4.69, 9.17) is 5.73 Å². The van der Waals surface area contributed by atoms with Crippen LogP contribution in [0.4, 0.5) is 0 Å². The molecular formula is C9H15N. The number of nitrogens with two attached hydrogens (primary N) is 1. The monoisotopic (exact) mass is 137 g/mol. The maximum absolute atomic E-state index is 5.36. The van der Waals surface area contributed by atoms with Crippen molar-refractivity contribution in [2.45, 2.75) is 13.3 Å². The molecule has 0 aromatic rings. The third-order valence-electron chi connectivity index (χ3n) is 1.20. The summed E-state index contributed by atoms with van der Waals surface area (Å²) in [6, 6.07) is 0. The highest BCUT2D eigenvalue weighted by Gasteiger charge is 1.84. The normalized spacial score (nSPS) is 12.4. The SMILES string of the molecule is C=C/C(=C\C=C/C)CCN. The van der Waals surface area contributed by atoms with Gasteiger partial charge in [0.2, 0.25) is 0 Å². The first-order valence-electron chi connectivity index (χ1n) is 3.49. The summed E-state index contributed by atoms with van der Waals surface area (Å²) in [6.45, 7) is 6.35. The average Bonchev–Trinajstić information content (AvgIpc) is 1.98. The molecule has 1 nitrogen and oxygen atoms in total. The van der Waals surface area contributed by atoms with Gasteiger partial charge in [0.25, 0.3) is 0 Å². The Morgan fingerprint density at radius 3 is 2.70 bits per heavy atom. The van der Waals surface area contributed by atoms with Crippen LogP contribution < -0.4 is 5.73 Å². The highest BCUT2D eigenvalue weighted by atomic mass is 14.5. The van der Waals surface area contributed by atoms with Crippen molar-refractivity contribution in [3.8, 4) is 0 Å². The first-order valence-corrected chi connectivity index (χ1v) is 3.49. The summed E-state index contributed by atoms with van der Waals surface area (Å²) in [5.41, 5.74) is 6.56. The summed E-state index contributed by atoms with van der Waals surface area (Å²) in [5, 5.41) is 0. The minimum atomic E-state index is 0.690. The molecule has 0 spiro atoms. The van der Waals surface area contributed by atoms with Crippen LogP contribution in [0, 0.1) is 0 Å². The van der Waals surface area contributed by atoms with Crippen molar-refractivity contribution < 1.29 is 0 Å². The Hall–Kier alpha value is -0.820. The number of allylic oxidation sites excluding steroid dienone is 4. The van der Waals surface area contributed by atoms with E-state index in [1.54, 1.807) is 0 Å². The van der Waals surface area contributed by atoms with Crippen LogP contribution in [0.3, 0.4) is 0 Å². The van der Waals surface area contributed by atoms with E-state index in [9.17, 15) is 0 Å². The number of hydrogen-bond donors (Lipinski definition) is 1. The fourth-order valence-electron chi connectivity index (χ4n) is 0.640. The quantitative estimate of drug-likeness (QED) is 0.589. The summed E-state index contributed by atoms with van der Waals surface area (Å²) in [4.78, 5) is 0. The molecule has 0 aliphatic rings. The molecule has 0 unspecified atom stereocenters. The van der Waals surface area contributed by atoms with Crippen molar-refractivity contribution in [1.29, 1.82) is 0 Å². The lowest BCUT2D eigenvalue weighted by molar-refractivity contribution is 0.974. The molecule has 0 aliphatic carbocycles. The zero-order valence-corrected chi connectivity index (χ0v) is 6.51. The summed E-state index contributed by atoms with van der Waals surface area (Å²) >= 11 is 0. The molecule has 0 heterocycles. The lowest BCUT2D eigenvalue weighted by atomic mass is 10.2. The van der Waals surface area contributed by atoms with Crippen molar-refractivity contribution in [2.24, 2.45) is 5.73 Å². The fourth-order valence-corrected chi connectivity index (χ4v) is 0.640. The molecule has 0 aromatic carbocycles. The van der Waals surface area contributed by atoms with Gasteiger partial charge in [-0.3, -0.25) is 0 Å². The predicted molar refractivity (Wildman–Crippen MR) is 46.8 cm³/mol. The molecule has 0 radical (unpaired) electrons. The third-order valence-corrected chi connectivity index (χ3v) is 1.20. The van der Waals surface area contributed by atoms with E-state index in [1.807, 2.05) is 31.2 Å². The van der Waals surface area contributed by atoms with E-state index >= 15 is 0 Å². The molecule has 0 bridgehead atoms. The van der Waals surface area contributed by atoms with Crippen molar-refractivity contribution >= 4 is 0 Å². The van der Waals surface area contributed by atoms with Gasteiger partial charge in [0, 0.05) is 0 Å². The molecule has 10 heavy (non-hydrogen) atoms. The van der Waals surface area contributed by atoms with Gasteiger partial charge in [0.05, 0.1) is 0 Å². The fraction of sp³-hybridized carbons (Fsp3) is 0.333. The van der Waals surface area contributed by atoms with Gasteiger partial charge in [-0.25, -0.2) is 0 Å². The molecule has 56 valence electrons. The van der Waals surface area contributed by atoms with E-state index < -0.39 is 0 Å². The van der Waals surface area contributed by atoms with Gasteiger partial charge >= 0.3 is 0 Å². The molecule has 0 rings (SSSR count). The van der Waals surface area contributed by atoms with Gasteiger partial charge in [-0.2, -0.15) is 0 Å². The van der Waals surface area contributed by atoms with Crippen molar-refractivity contribution in [1.82, 2.24) is 0 Å². The van der Waals surface area contributed by atoms with Crippen molar-refractivity contribution in [2.75, 3.05) is 6.54 Å². The second-order valence-electron chi connectivity index (χ2n) is 2.01. The summed E-state index contributed by atoms with van der Waals surface area (Å²) in [5.74, 6) is 0. The lowest BCUT2D eigenvalue weighted by Crippen LogP contribution is -1.98. The summed E-state index contributed by atoms with van der Waals surface area (Å²) in [7, 11) is 0. The van der Waals surface area contributed by atoms with Crippen LogP contribution in [0.1, 0.15) is 13.3 Å². The lowest BCUT2D eigenvalue weighted by Gasteiger charge is -1.94. The smallest absolute Gasteiger partial charge is 0.00367 e. The maximum Gasteiger partial charge on any atom is -0.00367 e. The molecular weight excluding hydrogens is 122 g/mol. The van der Waals surface area contributed by atoms with Gasteiger partial charge < -0.3 is 5.73 Å². The summed E-state index contributed by atoms with van der Waals surface area (Å²) in [6.07, 6.45) is 8.76. The van der Waals surface area contributed by atoms with Crippen LogP contribution in [0.15, 0.2) is 36.5 Å². The van der Waals surface area contributed by atoms with Crippen LogP contribution in [0.2, 0.25) is 0 Å². The van der Waals surface area contributed by atoms with Crippen molar-refractivity contribution in [3.05, 3.63) is 36.5 Å². The van der Waals surface area contributed by atoms with Gasteiger partial charge in [0.1, 0.15) is 0 Å². The Morgan fingerprint density at radius 1 is 1.60 bits per heavy atom. The van der Waals surface area contributed by atoms with Gasteiger partial charge in [-0.05, 0) is 25.5 Å². The molecule has 2 N–H and O–H groups in total. The maximum atomic E-state index is 5.36. The molecule has 0 atom stereocenters. The highest BCUT2D eigenvalue weighted by molar-refractivity contribution is 5.21. The van der Waals surface area contributed by atoms with Gasteiger partial charge in [-0.1, -0.05) is 30.9 Å². The second kappa shape index (κ2) is 6.30. The Bertz CT molecular complexity index is 143. The summed E-state index contributed by atoms with van der Waals surface area (Å²) < 4.78 is 0.